The van der Waals surface area contributed by atoms with Gasteiger partial charge >= 0.3 is 6.03 Å². The van der Waals surface area contributed by atoms with Crippen molar-refractivity contribution in [3.8, 4) is 0 Å². The Labute approximate surface area is 131 Å². The Balaban J connectivity index is 1.39. The second-order valence-electron chi connectivity index (χ2n) is 5.46. The lowest BCUT2D eigenvalue weighted by atomic mass is 10.2. The van der Waals surface area contributed by atoms with E-state index in [0.29, 0.717) is 13.1 Å². The van der Waals surface area contributed by atoms with Gasteiger partial charge in [-0.2, -0.15) is 0 Å². The Morgan fingerprint density at radius 3 is 2.64 bits per heavy atom. The number of carbonyl (C=O) groups excluding carboxylic acids is 1. The number of hydrogen-bond donors (Lipinski definition) is 2. The fourth-order valence-corrected chi connectivity index (χ4v) is 2.78. The minimum Gasteiger partial charge on any atom is -0.369 e. The molecule has 0 atom stereocenters. The molecule has 3 rings (SSSR count). The van der Waals surface area contributed by atoms with Crippen molar-refractivity contribution in [2.75, 3.05) is 24.5 Å². The molecule has 0 aliphatic carbocycles. The molecular formula is C18H21N3O. The van der Waals surface area contributed by atoms with Gasteiger partial charge in [-0.15, -0.1) is 0 Å². The number of hydrogen-bond acceptors (Lipinski definition) is 2. The predicted octanol–water partition coefficient (Wildman–Crippen LogP) is 2.55. The highest BCUT2D eigenvalue weighted by atomic mass is 16.2. The predicted molar refractivity (Wildman–Crippen MR) is 89.0 cm³/mol. The van der Waals surface area contributed by atoms with Gasteiger partial charge in [0, 0.05) is 31.9 Å². The van der Waals surface area contributed by atoms with Crippen molar-refractivity contribution in [2.45, 2.75) is 13.0 Å². The Bertz CT molecular complexity index is 627. The average Bonchev–Trinajstić information content (AvgIpc) is 2.97. The summed E-state index contributed by atoms with van der Waals surface area (Å²) in [6, 6.07) is 18.3. The second kappa shape index (κ2) is 6.98. The van der Waals surface area contributed by atoms with Crippen molar-refractivity contribution >= 4 is 11.7 Å². The Kier molecular flexibility index (Phi) is 4.59. The molecule has 0 bridgehead atoms. The molecule has 4 heteroatoms. The van der Waals surface area contributed by atoms with Crippen LogP contribution in [0.5, 0.6) is 0 Å². The Hall–Kier alpha value is -2.49. The zero-order chi connectivity index (χ0) is 15.2. The number of anilines is 1. The summed E-state index contributed by atoms with van der Waals surface area (Å²) in [6.45, 7) is 3.08. The first kappa shape index (κ1) is 14.4. The van der Waals surface area contributed by atoms with Gasteiger partial charge in [-0.05, 0) is 23.6 Å². The lowest BCUT2D eigenvalue weighted by Gasteiger charge is -2.19. The molecule has 1 aliphatic heterocycles. The Morgan fingerprint density at radius 1 is 1.00 bits per heavy atom. The number of nitrogens with one attached hydrogen (secondary N) is 2. The third kappa shape index (κ3) is 3.58. The third-order valence-electron chi connectivity index (χ3n) is 3.95. The van der Waals surface area contributed by atoms with Crippen LogP contribution in [0, 0.1) is 0 Å². The molecule has 2 N–H and O–H groups in total. The number of carbonyl (C=O) groups is 1. The number of fused-ring (bicyclic) bond motifs is 1. The van der Waals surface area contributed by atoms with Gasteiger partial charge < -0.3 is 15.5 Å². The first-order valence-electron chi connectivity index (χ1n) is 7.71. The van der Waals surface area contributed by atoms with Gasteiger partial charge in [-0.3, -0.25) is 0 Å². The number of urea groups is 1. The van der Waals surface area contributed by atoms with Gasteiger partial charge in [0.25, 0.3) is 0 Å². The zero-order valence-corrected chi connectivity index (χ0v) is 12.6. The lowest BCUT2D eigenvalue weighted by molar-refractivity contribution is 0.240. The summed E-state index contributed by atoms with van der Waals surface area (Å²) in [4.78, 5) is 14.1. The van der Waals surface area contributed by atoms with E-state index in [-0.39, 0.29) is 6.03 Å². The summed E-state index contributed by atoms with van der Waals surface area (Å²) >= 11 is 0. The molecule has 0 saturated heterocycles. The van der Waals surface area contributed by atoms with Crippen LogP contribution < -0.4 is 15.5 Å². The summed E-state index contributed by atoms with van der Waals surface area (Å²) in [6.07, 6.45) is 1.09. The summed E-state index contributed by atoms with van der Waals surface area (Å²) in [5, 5.41) is 5.79. The summed E-state index contributed by atoms with van der Waals surface area (Å²) in [5.74, 6) is 0. The number of amides is 2. The van der Waals surface area contributed by atoms with Gasteiger partial charge in [-0.25, -0.2) is 4.79 Å². The quantitative estimate of drug-likeness (QED) is 0.890. The monoisotopic (exact) mass is 295 g/mol. The van der Waals surface area contributed by atoms with Crippen LogP contribution in [-0.4, -0.2) is 25.7 Å². The molecule has 2 aromatic rings. The van der Waals surface area contributed by atoms with E-state index < -0.39 is 0 Å². The number of nitrogens with zero attached hydrogens (tertiary/aromatic N) is 1. The molecule has 1 heterocycles. The van der Waals surface area contributed by atoms with Crippen molar-refractivity contribution in [3.05, 3.63) is 65.7 Å². The van der Waals surface area contributed by atoms with Crippen LogP contribution in [0.15, 0.2) is 54.6 Å². The maximum absolute atomic E-state index is 11.8. The molecule has 114 valence electrons. The second-order valence-corrected chi connectivity index (χ2v) is 5.46. The normalized spacial score (nSPS) is 12.8. The minimum absolute atomic E-state index is 0.115. The molecule has 0 aromatic heterocycles. The SMILES string of the molecule is O=C(NCCN1CCc2ccccc21)NCc1ccccc1. The molecule has 22 heavy (non-hydrogen) atoms. The van der Waals surface area contributed by atoms with Crippen molar-refractivity contribution in [1.29, 1.82) is 0 Å². The Morgan fingerprint density at radius 2 is 1.77 bits per heavy atom. The van der Waals surface area contributed by atoms with E-state index in [1.807, 2.05) is 30.3 Å². The van der Waals surface area contributed by atoms with E-state index in [2.05, 4.69) is 39.8 Å². The fraction of sp³-hybridized carbons (Fsp3) is 0.278. The summed E-state index contributed by atoms with van der Waals surface area (Å²) in [5.41, 5.74) is 3.80. The average molecular weight is 295 g/mol. The van der Waals surface area contributed by atoms with Gasteiger partial charge in [0.15, 0.2) is 0 Å². The van der Waals surface area contributed by atoms with E-state index in [1.54, 1.807) is 0 Å². The fourth-order valence-electron chi connectivity index (χ4n) is 2.78. The third-order valence-corrected chi connectivity index (χ3v) is 3.95. The van der Waals surface area contributed by atoms with Gasteiger partial charge in [0.05, 0.1) is 0 Å². The van der Waals surface area contributed by atoms with E-state index >= 15 is 0 Å². The number of rotatable bonds is 5. The summed E-state index contributed by atoms with van der Waals surface area (Å²) < 4.78 is 0. The molecule has 0 unspecified atom stereocenters. The van der Waals surface area contributed by atoms with E-state index in [4.69, 9.17) is 0 Å². The van der Waals surface area contributed by atoms with Crippen molar-refractivity contribution in [3.63, 3.8) is 0 Å². The van der Waals surface area contributed by atoms with Crippen molar-refractivity contribution < 1.29 is 4.79 Å². The minimum atomic E-state index is -0.115. The molecule has 2 amide bonds. The van der Waals surface area contributed by atoms with E-state index in [0.717, 1.165) is 25.1 Å². The van der Waals surface area contributed by atoms with Crippen molar-refractivity contribution in [1.82, 2.24) is 10.6 Å². The van der Waals surface area contributed by atoms with Crippen molar-refractivity contribution in [2.24, 2.45) is 0 Å². The van der Waals surface area contributed by atoms with Crippen LogP contribution in [0.2, 0.25) is 0 Å². The highest BCUT2D eigenvalue weighted by molar-refractivity contribution is 5.73. The molecule has 1 aliphatic rings. The smallest absolute Gasteiger partial charge is 0.315 e. The highest BCUT2D eigenvalue weighted by Crippen LogP contribution is 2.26. The van der Waals surface area contributed by atoms with Crippen LogP contribution >= 0.6 is 0 Å². The van der Waals surface area contributed by atoms with E-state index in [9.17, 15) is 4.79 Å². The molecule has 0 radical (unpaired) electrons. The molecule has 2 aromatic carbocycles. The maximum atomic E-state index is 11.8. The molecule has 4 nitrogen and oxygen atoms in total. The topological polar surface area (TPSA) is 44.4 Å². The van der Waals surface area contributed by atoms with Crippen LogP contribution in [0.3, 0.4) is 0 Å². The van der Waals surface area contributed by atoms with Crippen LogP contribution in [-0.2, 0) is 13.0 Å². The lowest BCUT2D eigenvalue weighted by Crippen LogP contribution is -2.39. The highest BCUT2D eigenvalue weighted by Gasteiger charge is 2.17. The first-order valence-corrected chi connectivity index (χ1v) is 7.71. The maximum Gasteiger partial charge on any atom is 0.315 e. The molecular weight excluding hydrogens is 274 g/mol. The van der Waals surface area contributed by atoms with E-state index in [1.165, 1.54) is 11.3 Å². The molecule has 0 spiro atoms. The first-order chi connectivity index (χ1) is 10.8. The number of benzene rings is 2. The van der Waals surface area contributed by atoms with Crippen LogP contribution in [0.1, 0.15) is 11.1 Å². The van der Waals surface area contributed by atoms with Gasteiger partial charge in [-0.1, -0.05) is 48.5 Å². The van der Waals surface area contributed by atoms with Crippen LogP contribution in [0.25, 0.3) is 0 Å². The standard InChI is InChI=1S/C18H21N3O/c22-18(20-14-15-6-2-1-3-7-15)19-11-13-21-12-10-16-8-4-5-9-17(16)21/h1-9H,10-14H2,(H2,19,20,22). The summed E-state index contributed by atoms with van der Waals surface area (Å²) in [7, 11) is 0. The van der Waals surface area contributed by atoms with Gasteiger partial charge in [0.1, 0.15) is 0 Å². The van der Waals surface area contributed by atoms with Gasteiger partial charge in [0.2, 0.25) is 0 Å². The van der Waals surface area contributed by atoms with Crippen LogP contribution in [0.4, 0.5) is 10.5 Å². The largest absolute Gasteiger partial charge is 0.369 e. The molecule has 0 fully saturated rings. The molecule has 0 saturated carbocycles. The number of para-hydroxylation sites is 1. The zero-order valence-electron chi connectivity index (χ0n) is 12.6.